The molecule has 1 aliphatic heterocycles. The molecule has 1 atom stereocenters. The average molecular weight is 375 g/mol. The quantitative estimate of drug-likeness (QED) is 0.739. The van der Waals surface area contributed by atoms with Gasteiger partial charge in [0.1, 0.15) is 0 Å². The molecular weight excluding hydrogens is 348 g/mol. The minimum atomic E-state index is -0.215. The summed E-state index contributed by atoms with van der Waals surface area (Å²) in [5, 5.41) is 3.69. The predicted molar refractivity (Wildman–Crippen MR) is 104 cm³/mol. The van der Waals surface area contributed by atoms with Crippen LogP contribution in [0.3, 0.4) is 0 Å². The van der Waals surface area contributed by atoms with Gasteiger partial charge in [-0.1, -0.05) is 35.4 Å². The summed E-state index contributed by atoms with van der Waals surface area (Å²) < 4.78 is 0. The van der Waals surface area contributed by atoms with Gasteiger partial charge in [0.2, 0.25) is 11.8 Å². The highest BCUT2D eigenvalue weighted by atomic mass is 35.5. The van der Waals surface area contributed by atoms with E-state index in [-0.39, 0.29) is 17.7 Å². The Morgan fingerprint density at radius 3 is 2.73 bits per heavy atom. The van der Waals surface area contributed by atoms with Gasteiger partial charge in [0, 0.05) is 31.1 Å². The Labute approximate surface area is 160 Å². The normalized spacial score (nSPS) is 20.2. The second-order valence-electron chi connectivity index (χ2n) is 7.27. The molecule has 3 rings (SSSR count). The number of allylic oxidation sites excluding steroid dienone is 1. The van der Waals surface area contributed by atoms with Crippen LogP contribution in [0.25, 0.3) is 0 Å². The van der Waals surface area contributed by atoms with Gasteiger partial charge in [-0.15, -0.1) is 0 Å². The molecule has 26 heavy (non-hydrogen) atoms. The van der Waals surface area contributed by atoms with E-state index in [9.17, 15) is 9.59 Å². The third kappa shape index (κ3) is 5.34. The maximum atomic E-state index is 12.4. The van der Waals surface area contributed by atoms with E-state index in [1.165, 1.54) is 24.8 Å². The lowest BCUT2D eigenvalue weighted by Crippen LogP contribution is -2.34. The van der Waals surface area contributed by atoms with Crippen molar-refractivity contribution in [3.63, 3.8) is 0 Å². The number of hydrogen-bond acceptors (Lipinski definition) is 2. The van der Waals surface area contributed by atoms with Gasteiger partial charge in [-0.3, -0.25) is 9.59 Å². The van der Waals surface area contributed by atoms with Crippen LogP contribution in [0, 0.1) is 5.92 Å². The van der Waals surface area contributed by atoms with Crippen molar-refractivity contribution in [2.75, 3.05) is 19.6 Å². The summed E-state index contributed by atoms with van der Waals surface area (Å²) in [7, 11) is 0. The highest BCUT2D eigenvalue weighted by molar-refractivity contribution is 6.30. The van der Waals surface area contributed by atoms with E-state index in [2.05, 4.69) is 11.4 Å². The van der Waals surface area contributed by atoms with Crippen LogP contribution in [-0.2, 0) is 16.0 Å². The number of amides is 2. The zero-order chi connectivity index (χ0) is 18.4. The fraction of sp³-hybridized carbons (Fsp3) is 0.524. The first-order valence-corrected chi connectivity index (χ1v) is 9.97. The van der Waals surface area contributed by atoms with Crippen molar-refractivity contribution in [2.45, 2.75) is 44.9 Å². The number of hydrogen-bond donors (Lipinski definition) is 1. The Morgan fingerprint density at radius 2 is 2.00 bits per heavy atom. The largest absolute Gasteiger partial charge is 0.355 e. The minimum Gasteiger partial charge on any atom is -0.355 e. The van der Waals surface area contributed by atoms with Crippen molar-refractivity contribution >= 4 is 23.4 Å². The number of carbonyl (C=O) groups excluding carboxylic acids is 2. The second-order valence-corrected chi connectivity index (χ2v) is 7.70. The van der Waals surface area contributed by atoms with Gasteiger partial charge in [0.05, 0.1) is 5.92 Å². The summed E-state index contributed by atoms with van der Waals surface area (Å²) in [6.07, 6.45) is 9.26. The second kappa shape index (κ2) is 9.22. The van der Waals surface area contributed by atoms with Crippen LogP contribution in [0.1, 0.15) is 44.1 Å². The lowest BCUT2D eigenvalue weighted by Gasteiger charge is -2.19. The molecule has 1 aliphatic carbocycles. The Hall–Kier alpha value is -1.81. The van der Waals surface area contributed by atoms with Gasteiger partial charge in [0.25, 0.3) is 0 Å². The first-order chi connectivity index (χ1) is 12.6. The van der Waals surface area contributed by atoms with Gasteiger partial charge in [-0.05, 0) is 56.2 Å². The van der Waals surface area contributed by atoms with Crippen LogP contribution in [-0.4, -0.2) is 36.3 Å². The number of likely N-dealkylation sites (tertiary alicyclic amines) is 1. The van der Waals surface area contributed by atoms with Crippen molar-refractivity contribution < 1.29 is 9.59 Å². The summed E-state index contributed by atoms with van der Waals surface area (Å²) in [6.45, 7) is 1.89. The molecule has 2 amide bonds. The first kappa shape index (κ1) is 19.0. The maximum Gasteiger partial charge on any atom is 0.225 e. The lowest BCUT2D eigenvalue weighted by molar-refractivity contribution is -0.129. The van der Waals surface area contributed by atoms with Gasteiger partial charge in [0.15, 0.2) is 0 Å². The van der Waals surface area contributed by atoms with E-state index in [4.69, 9.17) is 11.6 Å². The summed E-state index contributed by atoms with van der Waals surface area (Å²) in [4.78, 5) is 26.4. The van der Waals surface area contributed by atoms with Crippen molar-refractivity contribution in [3.05, 3.63) is 46.5 Å². The molecule has 1 N–H and O–H groups in total. The Morgan fingerprint density at radius 1 is 1.19 bits per heavy atom. The Bertz CT molecular complexity index is 669. The van der Waals surface area contributed by atoms with Crippen LogP contribution in [0.5, 0.6) is 0 Å². The molecule has 1 heterocycles. The van der Waals surface area contributed by atoms with Crippen molar-refractivity contribution in [1.29, 1.82) is 0 Å². The van der Waals surface area contributed by atoms with Crippen LogP contribution >= 0.6 is 11.6 Å². The van der Waals surface area contributed by atoms with Crippen molar-refractivity contribution in [1.82, 2.24) is 10.2 Å². The van der Waals surface area contributed by atoms with E-state index in [1.54, 1.807) is 0 Å². The van der Waals surface area contributed by atoms with Gasteiger partial charge >= 0.3 is 0 Å². The lowest BCUT2D eigenvalue weighted by atomic mass is 9.97. The molecule has 0 saturated carbocycles. The van der Waals surface area contributed by atoms with Crippen molar-refractivity contribution in [3.8, 4) is 0 Å². The number of halogens is 1. The zero-order valence-electron chi connectivity index (χ0n) is 15.2. The van der Waals surface area contributed by atoms with Crippen LogP contribution in [0.2, 0.25) is 5.02 Å². The summed E-state index contributed by atoms with van der Waals surface area (Å²) in [6, 6.07) is 7.65. The predicted octanol–water partition coefficient (Wildman–Crippen LogP) is 3.74. The minimum absolute atomic E-state index is 0.00769. The molecule has 140 valence electrons. The fourth-order valence-electron chi connectivity index (χ4n) is 3.70. The molecule has 0 aromatic heterocycles. The molecule has 5 heteroatoms. The van der Waals surface area contributed by atoms with Crippen LogP contribution < -0.4 is 5.32 Å². The average Bonchev–Trinajstić information content (AvgIpc) is 3.03. The van der Waals surface area contributed by atoms with Gasteiger partial charge < -0.3 is 10.2 Å². The molecule has 1 aromatic carbocycles. The molecule has 1 unspecified atom stereocenters. The van der Waals surface area contributed by atoms with Gasteiger partial charge in [-0.25, -0.2) is 0 Å². The molecule has 0 bridgehead atoms. The van der Waals surface area contributed by atoms with E-state index < -0.39 is 0 Å². The molecule has 2 aliphatic rings. The van der Waals surface area contributed by atoms with E-state index in [1.807, 2.05) is 29.2 Å². The van der Waals surface area contributed by atoms with Crippen LogP contribution in [0.15, 0.2) is 35.9 Å². The number of nitrogens with one attached hydrogen (secondary N) is 1. The van der Waals surface area contributed by atoms with Gasteiger partial charge in [-0.2, -0.15) is 0 Å². The first-order valence-electron chi connectivity index (χ1n) is 9.59. The Kier molecular flexibility index (Phi) is 6.73. The van der Waals surface area contributed by atoms with E-state index >= 15 is 0 Å². The Balaban J connectivity index is 1.40. The molecule has 4 nitrogen and oxygen atoms in total. The van der Waals surface area contributed by atoms with E-state index in [0.29, 0.717) is 24.5 Å². The fourth-order valence-corrected chi connectivity index (χ4v) is 3.83. The summed E-state index contributed by atoms with van der Waals surface area (Å²) in [5.41, 5.74) is 2.61. The summed E-state index contributed by atoms with van der Waals surface area (Å²) in [5.74, 6) is -0.112. The monoisotopic (exact) mass is 374 g/mol. The standard InChI is InChI=1S/C21H27ClN2O2/c22-19-8-6-17(7-9-19)10-12-23-21(26)18-14-20(25)24(15-18)13-11-16-4-2-1-3-5-16/h4,6-9,18H,1-3,5,10-15H2,(H,23,26). The molecule has 0 radical (unpaired) electrons. The molecule has 1 aromatic rings. The molecule has 0 spiro atoms. The highest BCUT2D eigenvalue weighted by Crippen LogP contribution is 2.23. The molecular formula is C21H27ClN2O2. The van der Waals surface area contributed by atoms with Crippen molar-refractivity contribution in [2.24, 2.45) is 5.92 Å². The third-order valence-electron chi connectivity index (χ3n) is 5.30. The SMILES string of the molecule is O=C(NCCc1ccc(Cl)cc1)C1CC(=O)N(CCC2=CCCCC2)C1. The number of benzene rings is 1. The molecule has 1 saturated heterocycles. The molecule has 1 fully saturated rings. The zero-order valence-corrected chi connectivity index (χ0v) is 15.9. The summed E-state index contributed by atoms with van der Waals surface area (Å²) >= 11 is 5.87. The topological polar surface area (TPSA) is 49.4 Å². The number of carbonyl (C=O) groups is 2. The highest BCUT2D eigenvalue weighted by Gasteiger charge is 2.33. The third-order valence-corrected chi connectivity index (χ3v) is 5.55. The maximum absolute atomic E-state index is 12.4. The van der Waals surface area contributed by atoms with E-state index in [0.717, 1.165) is 31.4 Å². The smallest absolute Gasteiger partial charge is 0.225 e. The number of rotatable bonds is 7. The number of nitrogens with zero attached hydrogens (tertiary/aromatic N) is 1. The van der Waals surface area contributed by atoms with Crippen LogP contribution in [0.4, 0.5) is 0 Å².